The largest absolute Gasteiger partial charge is 0.390 e. The highest BCUT2D eigenvalue weighted by Crippen LogP contribution is 2.22. The molecule has 0 saturated carbocycles. The molecule has 0 atom stereocenters. The molecule has 0 aliphatic heterocycles. The van der Waals surface area contributed by atoms with Crippen LogP contribution in [0.15, 0.2) is 48.7 Å². The summed E-state index contributed by atoms with van der Waals surface area (Å²) in [4.78, 5) is 4.40. The van der Waals surface area contributed by atoms with Gasteiger partial charge in [0.25, 0.3) is 0 Å². The third-order valence-corrected chi connectivity index (χ3v) is 2.88. The van der Waals surface area contributed by atoms with Crippen molar-refractivity contribution in [3.63, 3.8) is 0 Å². The van der Waals surface area contributed by atoms with E-state index in [0.29, 0.717) is 11.5 Å². The number of aromatic nitrogens is 2. The van der Waals surface area contributed by atoms with Gasteiger partial charge in [-0.25, -0.2) is 9.37 Å². The molecule has 0 aliphatic rings. The zero-order valence-electron chi connectivity index (χ0n) is 9.55. The second-order valence-corrected chi connectivity index (χ2v) is 4.00. The monoisotopic (exact) mass is 242 g/mol. The normalized spacial score (nSPS) is 11.0. The Kier molecular flexibility index (Phi) is 2.57. The second-order valence-electron chi connectivity index (χ2n) is 4.00. The van der Waals surface area contributed by atoms with Gasteiger partial charge in [0.15, 0.2) is 0 Å². The third-order valence-electron chi connectivity index (χ3n) is 2.88. The summed E-state index contributed by atoms with van der Waals surface area (Å²) in [6.07, 6.45) is 1.88. The molecule has 18 heavy (non-hydrogen) atoms. The summed E-state index contributed by atoms with van der Waals surface area (Å²) in [5.41, 5.74) is 2.30. The Balaban J connectivity index is 2.26. The van der Waals surface area contributed by atoms with E-state index < -0.39 is 0 Å². The first-order valence-corrected chi connectivity index (χ1v) is 5.62. The van der Waals surface area contributed by atoms with Gasteiger partial charge in [-0.05, 0) is 36.4 Å². The van der Waals surface area contributed by atoms with Gasteiger partial charge in [-0.15, -0.1) is 0 Å². The molecule has 3 nitrogen and oxygen atoms in total. The predicted octanol–water partition coefficient (Wildman–Crippen LogP) is 2.63. The van der Waals surface area contributed by atoms with Gasteiger partial charge in [-0.2, -0.15) is 0 Å². The number of pyridine rings is 1. The Hall–Kier alpha value is -2.20. The van der Waals surface area contributed by atoms with Gasteiger partial charge in [-0.3, -0.25) is 4.40 Å². The van der Waals surface area contributed by atoms with Gasteiger partial charge in [0.2, 0.25) is 0 Å². The lowest BCUT2D eigenvalue weighted by atomic mass is 10.2. The highest BCUT2D eigenvalue weighted by molar-refractivity contribution is 5.65. The fourth-order valence-corrected chi connectivity index (χ4v) is 2.02. The van der Waals surface area contributed by atoms with E-state index in [4.69, 9.17) is 0 Å². The van der Waals surface area contributed by atoms with Crippen molar-refractivity contribution in [1.82, 2.24) is 9.38 Å². The number of benzene rings is 1. The Labute approximate surface area is 103 Å². The van der Waals surface area contributed by atoms with Crippen LogP contribution in [0.4, 0.5) is 4.39 Å². The zero-order valence-corrected chi connectivity index (χ0v) is 9.55. The average molecular weight is 242 g/mol. The summed E-state index contributed by atoms with van der Waals surface area (Å²) < 4.78 is 14.8. The van der Waals surface area contributed by atoms with E-state index in [1.807, 2.05) is 28.8 Å². The quantitative estimate of drug-likeness (QED) is 0.750. The van der Waals surface area contributed by atoms with Gasteiger partial charge in [-0.1, -0.05) is 6.07 Å². The van der Waals surface area contributed by atoms with Gasteiger partial charge in [0.1, 0.15) is 11.6 Å². The smallest absolute Gasteiger partial charge is 0.144 e. The molecule has 0 saturated heterocycles. The van der Waals surface area contributed by atoms with Crippen LogP contribution in [-0.2, 0) is 6.61 Å². The van der Waals surface area contributed by atoms with Gasteiger partial charge in [0, 0.05) is 11.8 Å². The third kappa shape index (κ3) is 1.67. The van der Waals surface area contributed by atoms with Crippen molar-refractivity contribution in [1.29, 1.82) is 0 Å². The number of halogens is 1. The maximum Gasteiger partial charge on any atom is 0.144 e. The van der Waals surface area contributed by atoms with Crippen molar-refractivity contribution < 1.29 is 9.50 Å². The molecule has 2 aromatic heterocycles. The van der Waals surface area contributed by atoms with Crippen LogP contribution in [0.2, 0.25) is 0 Å². The predicted molar refractivity (Wildman–Crippen MR) is 66.5 cm³/mol. The molecule has 2 heterocycles. The van der Waals surface area contributed by atoms with Crippen molar-refractivity contribution in [3.8, 4) is 11.4 Å². The molecule has 0 unspecified atom stereocenters. The topological polar surface area (TPSA) is 37.5 Å². The second kappa shape index (κ2) is 4.23. The Morgan fingerprint density at radius 3 is 2.61 bits per heavy atom. The summed E-state index contributed by atoms with van der Waals surface area (Å²) in [6, 6.07) is 11.8. The summed E-state index contributed by atoms with van der Waals surface area (Å²) in [5.74, 6) is 0.427. The Morgan fingerprint density at radius 1 is 1.11 bits per heavy atom. The SMILES string of the molecule is OCc1nc(-c2ccc(F)cc2)n2ccccc12. The van der Waals surface area contributed by atoms with Crippen molar-refractivity contribution >= 4 is 5.52 Å². The molecule has 3 rings (SSSR count). The number of rotatable bonds is 2. The molecule has 0 spiro atoms. The average Bonchev–Trinajstić information content (AvgIpc) is 2.79. The summed E-state index contributed by atoms with van der Waals surface area (Å²) in [5, 5.41) is 9.30. The number of aliphatic hydroxyl groups excluding tert-OH is 1. The number of fused-ring (bicyclic) bond motifs is 1. The minimum atomic E-state index is -0.276. The maximum absolute atomic E-state index is 12.9. The Morgan fingerprint density at radius 2 is 1.89 bits per heavy atom. The van der Waals surface area contributed by atoms with Crippen LogP contribution in [-0.4, -0.2) is 14.5 Å². The van der Waals surface area contributed by atoms with Crippen molar-refractivity contribution in [2.75, 3.05) is 0 Å². The Bertz CT molecular complexity index is 689. The zero-order chi connectivity index (χ0) is 12.5. The number of imidazole rings is 1. The van der Waals surface area contributed by atoms with E-state index in [0.717, 1.165) is 11.1 Å². The number of hydrogen-bond donors (Lipinski definition) is 1. The van der Waals surface area contributed by atoms with Crippen molar-refractivity contribution in [3.05, 3.63) is 60.2 Å². The van der Waals surface area contributed by atoms with Gasteiger partial charge in [0.05, 0.1) is 17.8 Å². The fraction of sp³-hybridized carbons (Fsp3) is 0.0714. The molecule has 0 radical (unpaired) electrons. The summed E-state index contributed by atoms with van der Waals surface area (Å²) in [6.45, 7) is -0.116. The molecule has 0 fully saturated rings. The lowest BCUT2D eigenvalue weighted by Gasteiger charge is -2.00. The molecule has 90 valence electrons. The van der Waals surface area contributed by atoms with Crippen LogP contribution in [0.1, 0.15) is 5.69 Å². The highest BCUT2D eigenvalue weighted by Gasteiger charge is 2.11. The van der Waals surface area contributed by atoms with Crippen LogP contribution in [0.5, 0.6) is 0 Å². The van der Waals surface area contributed by atoms with Gasteiger partial charge >= 0.3 is 0 Å². The molecule has 0 amide bonds. The van der Waals surface area contributed by atoms with Crippen molar-refractivity contribution in [2.45, 2.75) is 6.61 Å². The molecule has 3 aromatic rings. The molecule has 0 bridgehead atoms. The first-order chi connectivity index (χ1) is 8.79. The van der Waals surface area contributed by atoms with Crippen LogP contribution < -0.4 is 0 Å². The number of hydrogen-bond acceptors (Lipinski definition) is 2. The number of aliphatic hydroxyl groups is 1. The summed E-state index contributed by atoms with van der Waals surface area (Å²) in [7, 11) is 0. The van der Waals surface area contributed by atoms with E-state index >= 15 is 0 Å². The molecule has 0 aliphatic carbocycles. The van der Waals surface area contributed by atoms with E-state index in [1.165, 1.54) is 12.1 Å². The standard InChI is InChI=1S/C14H11FN2O/c15-11-6-4-10(5-7-11)14-16-12(9-18)13-3-1-2-8-17(13)14/h1-8,18H,9H2. The molecular formula is C14H11FN2O. The van der Waals surface area contributed by atoms with Crippen LogP contribution >= 0.6 is 0 Å². The minimum absolute atomic E-state index is 0.116. The lowest BCUT2D eigenvalue weighted by molar-refractivity contribution is 0.279. The minimum Gasteiger partial charge on any atom is -0.390 e. The first-order valence-electron chi connectivity index (χ1n) is 5.62. The molecular weight excluding hydrogens is 231 g/mol. The number of nitrogens with zero attached hydrogens (tertiary/aromatic N) is 2. The molecule has 4 heteroatoms. The van der Waals surface area contributed by atoms with Crippen LogP contribution in [0, 0.1) is 5.82 Å². The fourth-order valence-electron chi connectivity index (χ4n) is 2.02. The van der Waals surface area contributed by atoms with Gasteiger partial charge < -0.3 is 5.11 Å². The highest BCUT2D eigenvalue weighted by atomic mass is 19.1. The lowest BCUT2D eigenvalue weighted by Crippen LogP contribution is -1.88. The van der Waals surface area contributed by atoms with Crippen LogP contribution in [0.25, 0.3) is 16.9 Å². The molecule has 1 N–H and O–H groups in total. The van der Waals surface area contributed by atoms with E-state index in [2.05, 4.69) is 4.98 Å². The van der Waals surface area contributed by atoms with Crippen LogP contribution in [0.3, 0.4) is 0 Å². The summed E-state index contributed by atoms with van der Waals surface area (Å²) >= 11 is 0. The first kappa shape index (κ1) is 10.9. The van der Waals surface area contributed by atoms with E-state index in [1.54, 1.807) is 12.1 Å². The van der Waals surface area contributed by atoms with E-state index in [9.17, 15) is 9.50 Å². The van der Waals surface area contributed by atoms with E-state index in [-0.39, 0.29) is 12.4 Å². The molecule has 1 aromatic carbocycles. The van der Waals surface area contributed by atoms with Crippen molar-refractivity contribution in [2.24, 2.45) is 0 Å². The maximum atomic E-state index is 12.9.